The summed E-state index contributed by atoms with van der Waals surface area (Å²) in [5, 5.41) is 15.4. The molecule has 2 rings (SSSR count). The van der Waals surface area contributed by atoms with E-state index in [2.05, 4.69) is 10.6 Å². The molecule has 6 heteroatoms. The van der Waals surface area contributed by atoms with Crippen LogP contribution in [0.3, 0.4) is 0 Å². The van der Waals surface area contributed by atoms with E-state index in [9.17, 15) is 14.7 Å². The number of hydrogen-bond donors (Lipinski definition) is 3. The number of rotatable bonds is 4. The first-order valence-corrected chi connectivity index (χ1v) is 6.95. The largest absolute Gasteiger partial charge is 0.479 e. The molecule has 0 spiro atoms. The number of hydrogen-bond acceptors (Lipinski definition) is 3. The second-order valence-corrected chi connectivity index (χ2v) is 5.25. The SMILES string of the molecule is O=C(N[C@@H](C(=O)O)c1ccccc1Cl)C1CCCNC1. The van der Waals surface area contributed by atoms with E-state index in [4.69, 9.17) is 11.6 Å². The molecule has 0 radical (unpaired) electrons. The third-order valence-electron chi connectivity index (χ3n) is 3.42. The fourth-order valence-electron chi connectivity index (χ4n) is 2.32. The predicted molar refractivity (Wildman–Crippen MR) is 75.6 cm³/mol. The minimum Gasteiger partial charge on any atom is -0.479 e. The molecule has 0 saturated carbocycles. The van der Waals surface area contributed by atoms with Crippen LogP contribution >= 0.6 is 11.6 Å². The summed E-state index contributed by atoms with van der Waals surface area (Å²) in [4.78, 5) is 23.5. The van der Waals surface area contributed by atoms with Crippen LogP contribution in [0.1, 0.15) is 24.4 Å². The molecule has 0 aliphatic carbocycles. The van der Waals surface area contributed by atoms with Gasteiger partial charge in [-0.05, 0) is 25.5 Å². The third kappa shape index (κ3) is 3.49. The molecule has 1 saturated heterocycles. The molecular formula is C14H17ClN2O3. The van der Waals surface area contributed by atoms with Crippen molar-refractivity contribution in [3.05, 3.63) is 34.9 Å². The molecule has 1 heterocycles. The number of carboxylic acids is 1. The van der Waals surface area contributed by atoms with Crippen LogP contribution in [-0.4, -0.2) is 30.1 Å². The van der Waals surface area contributed by atoms with Crippen molar-refractivity contribution in [2.24, 2.45) is 5.92 Å². The summed E-state index contributed by atoms with van der Waals surface area (Å²) in [7, 11) is 0. The maximum atomic E-state index is 12.1. The highest BCUT2D eigenvalue weighted by Gasteiger charge is 2.28. The summed E-state index contributed by atoms with van der Waals surface area (Å²) in [6.45, 7) is 1.48. The molecule has 1 fully saturated rings. The van der Waals surface area contributed by atoms with Crippen molar-refractivity contribution in [1.29, 1.82) is 0 Å². The Morgan fingerprint density at radius 2 is 2.15 bits per heavy atom. The van der Waals surface area contributed by atoms with Crippen LogP contribution in [-0.2, 0) is 9.59 Å². The molecular weight excluding hydrogens is 280 g/mol. The lowest BCUT2D eigenvalue weighted by Crippen LogP contribution is -2.43. The first kappa shape index (κ1) is 14.8. The number of carbonyl (C=O) groups is 2. The summed E-state index contributed by atoms with van der Waals surface area (Å²) in [5.74, 6) is -1.55. The zero-order valence-corrected chi connectivity index (χ0v) is 11.7. The number of carboxylic acid groups (broad SMARTS) is 1. The van der Waals surface area contributed by atoms with E-state index < -0.39 is 12.0 Å². The van der Waals surface area contributed by atoms with Gasteiger partial charge in [0.1, 0.15) is 0 Å². The summed E-state index contributed by atoms with van der Waals surface area (Å²) in [6, 6.07) is 5.53. The molecule has 1 aliphatic heterocycles. The van der Waals surface area contributed by atoms with E-state index in [-0.39, 0.29) is 11.8 Å². The zero-order valence-electron chi connectivity index (χ0n) is 10.9. The molecule has 0 bridgehead atoms. The maximum Gasteiger partial charge on any atom is 0.330 e. The molecule has 1 unspecified atom stereocenters. The summed E-state index contributed by atoms with van der Waals surface area (Å²) in [5.41, 5.74) is 0.402. The van der Waals surface area contributed by atoms with Gasteiger partial charge in [0.15, 0.2) is 6.04 Å². The van der Waals surface area contributed by atoms with Gasteiger partial charge in [-0.25, -0.2) is 4.79 Å². The van der Waals surface area contributed by atoms with E-state index in [1.807, 2.05) is 0 Å². The fraction of sp³-hybridized carbons (Fsp3) is 0.429. The van der Waals surface area contributed by atoms with Gasteiger partial charge in [-0.3, -0.25) is 4.79 Å². The zero-order chi connectivity index (χ0) is 14.5. The predicted octanol–water partition coefficient (Wildman–Crippen LogP) is 1.58. The summed E-state index contributed by atoms with van der Waals surface area (Å²) < 4.78 is 0. The number of carbonyl (C=O) groups excluding carboxylic acids is 1. The smallest absolute Gasteiger partial charge is 0.330 e. The van der Waals surface area contributed by atoms with Gasteiger partial charge >= 0.3 is 5.97 Å². The van der Waals surface area contributed by atoms with Crippen molar-refractivity contribution >= 4 is 23.5 Å². The molecule has 3 N–H and O–H groups in total. The van der Waals surface area contributed by atoms with E-state index in [1.54, 1.807) is 24.3 Å². The average Bonchev–Trinajstić information content (AvgIpc) is 2.46. The minimum absolute atomic E-state index is 0.187. The molecule has 1 aliphatic rings. The van der Waals surface area contributed by atoms with Crippen LogP contribution < -0.4 is 10.6 Å². The van der Waals surface area contributed by atoms with Crippen molar-refractivity contribution in [3.8, 4) is 0 Å². The fourth-order valence-corrected chi connectivity index (χ4v) is 2.56. The Kier molecular flexibility index (Phi) is 4.98. The van der Waals surface area contributed by atoms with Crippen molar-refractivity contribution in [2.75, 3.05) is 13.1 Å². The lowest BCUT2D eigenvalue weighted by molar-refractivity contribution is -0.142. The average molecular weight is 297 g/mol. The van der Waals surface area contributed by atoms with Crippen molar-refractivity contribution in [2.45, 2.75) is 18.9 Å². The molecule has 0 aromatic heterocycles. The Labute approximate surface area is 122 Å². The van der Waals surface area contributed by atoms with Gasteiger partial charge < -0.3 is 15.7 Å². The van der Waals surface area contributed by atoms with E-state index >= 15 is 0 Å². The number of halogens is 1. The third-order valence-corrected chi connectivity index (χ3v) is 3.76. The number of nitrogens with one attached hydrogen (secondary N) is 2. The quantitative estimate of drug-likeness (QED) is 0.788. The van der Waals surface area contributed by atoms with E-state index in [0.29, 0.717) is 17.1 Å². The van der Waals surface area contributed by atoms with Crippen LogP contribution in [0.15, 0.2) is 24.3 Å². The Morgan fingerprint density at radius 1 is 1.40 bits per heavy atom. The minimum atomic E-state index is -1.12. The number of benzene rings is 1. The highest BCUT2D eigenvalue weighted by Crippen LogP contribution is 2.23. The maximum absolute atomic E-state index is 12.1. The van der Waals surface area contributed by atoms with E-state index in [1.165, 1.54) is 0 Å². The molecule has 5 nitrogen and oxygen atoms in total. The van der Waals surface area contributed by atoms with Gasteiger partial charge in [0.05, 0.1) is 5.92 Å². The number of piperidine rings is 1. The Hall–Kier alpha value is -1.59. The number of aliphatic carboxylic acids is 1. The molecule has 1 amide bonds. The van der Waals surface area contributed by atoms with Crippen LogP contribution in [0.4, 0.5) is 0 Å². The second-order valence-electron chi connectivity index (χ2n) is 4.84. The molecule has 108 valence electrons. The van der Waals surface area contributed by atoms with Crippen LogP contribution in [0.5, 0.6) is 0 Å². The van der Waals surface area contributed by atoms with E-state index in [0.717, 1.165) is 19.4 Å². The highest BCUT2D eigenvalue weighted by molar-refractivity contribution is 6.31. The van der Waals surface area contributed by atoms with Gasteiger partial charge in [-0.15, -0.1) is 0 Å². The first-order valence-electron chi connectivity index (χ1n) is 6.58. The van der Waals surface area contributed by atoms with Gasteiger partial charge in [-0.1, -0.05) is 29.8 Å². The normalized spacial score (nSPS) is 20.1. The molecule has 2 atom stereocenters. The molecule has 1 aromatic carbocycles. The van der Waals surface area contributed by atoms with Crippen molar-refractivity contribution in [3.63, 3.8) is 0 Å². The van der Waals surface area contributed by atoms with Gasteiger partial charge in [0.2, 0.25) is 5.91 Å². The van der Waals surface area contributed by atoms with Gasteiger partial charge in [-0.2, -0.15) is 0 Å². The topological polar surface area (TPSA) is 78.4 Å². The standard InChI is InChI=1S/C14H17ClN2O3/c15-11-6-2-1-5-10(11)12(14(19)20)17-13(18)9-4-3-7-16-8-9/h1-2,5-6,9,12,16H,3-4,7-8H2,(H,17,18)(H,19,20)/t9?,12-/m1/s1. The number of amides is 1. The lowest BCUT2D eigenvalue weighted by atomic mass is 9.97. The summed E-state index contributed by atoms with van der Waals surface area (Å²) in [6.07, 6.45) is 1.69. The highest BCUT2D eigenvalue weighted by atomic mass is 35.5. The van der Waals surface area contributed by atoms with Gasteiger partial charge in [0, 0.05) is 17.1 Å². The van der Waals surface area contributed by atoms with Crippen molar-refractivity contribution < 1.29 is 14.7 Å². The monoisotopic (exact) mass is 296 g/mol. The van der Waals surface area contributed by atoms with Crippen LogP contribution in [0.25, 0.3) is 0 Å². The van der Waals surface area contributed by atoms with Gasteiger partial charge in [0.25, 0.3) is 0 Å². The second kappa shape index (κ2) is 6.72. The van der Waals surface area contributed by atoms with Crippen LogP contribution in [0, 0.1) is 5.92 Å². The Balaban J connectivity index is 2.12. The molecule has 20 heavy (non-hydrogen) atoms. The Morgan fingerprint density at radius 3 is 2.75 bits per heavy atom. The van der Waals surface area contributed by atoms with Crippen LogP contribution in [0.2, 0.25) is 5.02 Å². The molecule has 1 aromatic rings. The van der Waals surface area contributed by atoms with Crippen molar-refractivity contribution in [1.82, 2.24) is 10.6 Å². The lowest BCUT2D eigenvalue weighted by Gasteiger charge is -2.24. The first-order chi connectivity index (χ1) is 9.59. The Bertz CT molecular complexity index is 501. The summed E-state index contributed by atoms with van der Waals surface area (Å²) >= 11 is 6.01.